The molecule has 6 heteroatoms. The van der Waals surface area contributed by atoms with E-state index in [0.29, 0.717) is 22.5 Å². The van der Waals surface area contributed by atoms with Gasteiger partial charge in [-0.3, -0.25) is 9.59 Å². The van der Waals surface area contributed by atoms with E-state index < -0.39 is 0 Å². The van der Waals surface area contributed by atoms with E-state index in [-0.39, 0.29) is 23.4 Å². The van der Waals surface area contributed by atoms with Gasteiger partial charge in [-0.25, -0.2) is 0 Å². The van der Waals surface area contributed by atoms with Gasteiger partial charge in [0.2, 0.25) is 0 Å². The number of carbonyl (C=O) groups excluding carboxylic acids is 2. The van der Waals surface area contributed by atoms with Gasteiger partial charge < -0.3 is 4.74 Å². The van der Waals surface area contributed by atoms with Crippen LogP contribution in [0.5, 0.6) is 0 Å². The molecule has 0 aliphatic heterocycles. The molecule has 0 saturated carbocycles. The molecule has 0 radical (unpaired) electrons. The first-order valence-corrected chi connectivity index (χ1v) is 11.4. The highest BCUT2D eigenvalue weighted by Crippen LogP contribution is 2.34. The maximum Gasteiger partial charge on any atom is 0.168 e. The van der Waals surface area contributed by atoms with Gasteiger partial charge in [-0.05, 0) is 55.4 Å². The van der Waals surface area contributed by atoms with Gasteiger partial charge in [0, 0.05) is 42.6 Å². The van der Waals surface area contributed by atoms with Gasteiger partial charge in [0.05, 0.1) is 10.0 Å². The molecular formula is C24H25Cl3O3. The number of ether oxygens (including phenoxy) is 1. The summed E-state index contributed by atoms with van der Waals surface area (Å²) >= 11 is 17.7. The average molecular weight is 468 g/mol. The largest absolute Gasteiger partial charge is 0.385 e. The fraction of sp³-hybridized carbons (Fsp3) is 0.417. The third-order valence-electron chi connectivity index (χ3n) is 5.72. The standard InChI is InChI=1S/C12H12Cl2O.C12H13ClO2/c13-6-2-4-9-7-8-3-1-5-10(14)11(8)12(9)15;1-15-6-5-9-7-8-3-2-4-10(13)11(8)12(9)14/h1,3,5,9H,2,4,6-7H2;2-4,9H,5-7H2,1H3. The normalized spacial score (nSPS) is 19.3. The lowest BCUT2D eigenvalue weighted by Crippen LogP contribution is -2.11. The van der Waals surface area contributed by atoms with Gasteiger partial charge >= 0.3 is 0 Å². The van der Waals surface area contributed by atoms with Crippen molar-refractivity contribution in [3.8, 4) is 0 Å². The number of benzene rings is 2. The number of carbonyl (C=O) groups is 2. The Balaban J connectivity index is 0.000000171. The Morgan fingerprint density at radius 3 is 1.80 bits per heavy atom. The van der Waals surface area contributed by atoms with Crippen molar-refractivity contribution in [2.45, 2.75) is 32.1 Å². The number of alkyl halides is 1. The second kappa shape index (κ2) is 10.8. The highest BCUT2D eigenvalue weighted by atomic mass is 35.5. The van der Waals surface area contributed by atoms with E-state index in [1.54, 1.807) is 19.2 Å². The maximum atomic E-state index is 12.0. The van der Waals surface area contributed by atoms with Gasteiger partial charge in [0.1, 0.15) is 0 Å². The Morgan fingerprint density at radius 2 is 1.37 bits per heavy atom. The Morgan fingerprint density at radius 1 is 0.867 bits per heavy atom. The van der Waals surface area contributed by atoms with E-state index in [1.807, 2.05) is 24.3 Å². The van der Waals surface area contributed by atoms with Crippen molar-refractivity contribution in [2.24, 2.45) is 11.8 Å². The molecule has 2 aliphatic rings. The zero-order valence-corrected chi connectivity index (χ0v) is 19.2. The molecule has 2 aromatic rings. The summed E-state index contributed by atoms with van der Waals surface area (Å²) in [5.41, 5.74) is 3.62. The predicted octanol–water partition coefficient (Wildman–Crippen LogP) is 6.45. The Bertz CT molecular complexity index is 850. The molecule has 2 unspecified atom stereocenters. The van der Waals surface area contributed by atoms with Crippen LogP contribution in [0.2, 0.25) is 10.0 Å². The van der Waals surface area contributed by atoms with Crippen molar-refractivity contribution in [3.05, 3.63) is 68.7 Å². The van der Waals surface area contributed by atoms with Gasteiger partial charge in [-0.15, -0.1) is 11.6 Å². The summed E-state index contributed by atoms with van der Waals surface area (Å²) in [5, 5.41) is 1.17. The van der Waals surface area contributed by atoms with Crippen LogP contribution < -0.4 is 0 Å². The molecule has 0 spiro atoms. The molecule has 0 amide bonds. The highest BCUT2D eigenvalue weighted by Gasteiger charge is 2.32. The van der Waals surface area contributed by atoms with Crippen molar-refractivity contribution < 1.29 is 14.3 Å². The predicted molar refractivity (Wildman–Crippen MR) is 122 cm³/mol. The third kappa shape index (κ3) is 5.08. The minimum atomic E-state index is 0.0554. The van der Waals surface area contributed by atoms with E-state index in [0.717, 1.165) is 54.4 Å². The Labute approximate surface area is 192 Å². The van der Waals surface area contributed by atoms with Gasteiger partial charge in [-0.1, -0.05) is 47.5 Å². The molecule has 160 valence electrons. The first-order chi connectivity index (χ1) is 14.5. The van der Waals surface area contributed by atoms with Crippen molar-refractivity contribution in [1.29, 1.82) is 0 Å². The lowest BCUT2D eigenvalue weighted by atomic mass is 10.00. The van der Waals surface area contributed by atoms with E-state index >= 15 is 0 Å². The van der Waals surface area contributed by atoms with Gasteiger partial charge in [0.25, 0.3) is 0 Å². The molecule has 3 nitrogen and oxygen atoms in total. The van der Waals surface area contributed by atoms with Gasteiger partial charge in [-0.2, -0.15) is 0 Å². The lowest BCUT2D eigenvalue weighted by molar-refractivity contribution is 0.0898. The summed E-state index contributed by atoms with van der Waals surface area (Å²) in [6.45, 7) is 0.627. The van der Waals surface area contributed by atoms with Crippen LogP contribution in [0, 0.1) is 11.8 Å². The fourth-order valence-corrected chi connectivity index (χ4v) is 4.93. The van der Waals surface area contributed by atoms with E-state index in [9.17, 15) is 9.59 Å². The number of ketones is 2. The number of halogens is 3. The molecule has 0 N–H and O–H groups in total. The zero-order valence-electron chi connectivity index (χ0n) is 16.9. The van der Waals surface area contributed by atoms with E-state index in [2.05, 4.69) is 0 Å². The van der Waals surface area contributed by atoms with Crippen LogP contribution >= 0.6 is 34.8 Å². The number of Topliss-reactive ketones (excluding diaryl/α,β-unsaturated/α-hetero) is 2. The molecule has 2 atom stereocenters. The maximum absolute atomic E-state index is 12.0. The Kier molecular flexibility index (Phi) is 8.35. The zero-order chi connectivity index (χ0) is 21.7. The highest BCUT2D eigenvalue weighted by molar-refractivity contribution is 6.35. The smallest absolute Gasteiger partial charge is 0.168 e. The molecule has 2 aliphatic carbocycles. The second-order valence-corrected chi connectivity index (χ2v) is 8.88. The first kappa shape index (κ1) is 23.3. The van der Waals surface area contributed by atoms with E-state index in [4.69, 9.17) is 39.5 Å². The molecule has 0 heterocycles. The lowest BCUT2D eigenvalue weighted by Gasteiger charge is -2.05. The van der Waals surface area contributed by atoms with Crippen LogP contribution in [-0.4, -0.2) is 31.2 Å². The monoisotopic (exact) mass is 466 g/mol. The van der Waals surface area contributed by atoms with Crippen LogP contribution in [-0.2, 0) is 17.6 Å². The number of methoxy groups -OCH3 is 1. The van der Waals surface area contributed by atoms with Crippen molar-refractivity contribution in [3.63, 3.8) is 0 Å². The number of fused-ring (bicyclic) bond motifs is 2. The molecule has 0 bridgehead atoms. The molecule has 4 rings (SSSR count). The minimum absolute atomic E-state index is 0.0554. The minimum Gasteiger partial charge on any atom is -0.385 e. The average Bonchev–Trinajstić information content (AvgIpc) is 3.23. The molecule has 0 saturated heterocycles. The number of hydrogen-bond acceptors (Lipinski definition) is 3. The van der Waals surface area contributed by atoms with Crippen LogP contribution in [0.25, 0.3) is 0 Å². The summed E-state index contributed by atoms with van der Waals surface area (Å²) in [6, 6.07) is 11.3. The van der Waals surface area contributed by atoms with Crippen molar-refractivity contribution in [1.82, 2.24) is 0 Å². The molecule has 0 aromatic heterocycles. The second-order valence-electron chi connectivity index (χ2n) is 7.69. The summed E-state index contributed by atoms with van der Waals surface area (Å²) in [6.07, 6.45) is 4.17. The summed E-state index contributed by atoms with van der Waals surface area (Å²) in [7, 11) is 1.65. The molecule has 0 fully saturated rings. The van der Waals surface area contributed by atoms with E-state index in [1.165, 1.54) is 0 Å². The summed E-state index contributed by atoms with van der Waals surface area (Å²) < 4.78 is 5.00. The quantitative estimate of drug-likeness (QED) is 0.459. The van der Waals surface area contributed by atoms with Gasteiger partial charge in [0.15, 0.2) is 11.6 Å². The van der Waals surface area contributed by atoms with Crippen LogP contribution in [0.15, 0.2) is 36.4 Å². The third-order valence-corrected chi connectivity index (χ3v) is 6.62. The molecular weight excluding hydrogens is 443 g/mol. The fourth-order valence-electron chi connectivity index (χ4n) is 4.20. The van der Waals surface area contributed by atoms with Crippen molar-refractivity contribution >= 4 is 46.4 Å². The number of hydrogen-bond donors (Lipinski definition) is 0. The molecule has 2 aromatic carbocycles. The van der Waals surface area contributed by atoms with Crippen LogP contribution in [0.1, 0.15) is 51.1 Å². The Hall–Kier alpha value is -1.39. The first-order valence-electron chi connectivity index (χ1n) is 10.2. The number of rotatable bonds is 6. The summed E-state index contributed by atoms with van der Waals surface area (Å²) in [5.74, 6) is 1.14. The topological polar surface area (TPSA) is 43.4 Å². The van der Waals surface area contributed by atoms with Crippen molar-refractivity contribution in [2.75, 3.05) is 19.6 Å². The molecule has 30 heavy (non-hydrogen) atoms. The van der Waals surface area contributed by atoms with Crippen LogP contribution in [0.3, 0.4) is 0 Å². The summed E-state index contributed by atoms with van der Waals surface area (Å²) in [4.78, 5) is 24.0. The SMILES string of the molecule is COCCC1Cc2cccc(Cl)c2C1=O.O=C1c2c(Cl)cccc2CC1CCCCl. The van der Waals surface area contributed by atoms with Crippen LogP contribution in [0.4, 0.5) is 0 Å².